The van der Waals surface area contributed by atoms with Gasteiger partial charge in [0.15, 0.2) is 27.3 Å². The number of nitrogens with one attached hydrogen (secondary N) is 1. The van der Waals surface area contributed by atoms with E-state index in [2.05, 4.69) is 11.9 Å². The highest BCUT2D eigenvalue weighted by molar-refractivity contribution is 7.93. The maximum Gasteiger partial charge on any atom is 0.251 e. The Morgan fingerprint density at radius 3 is 2.58 bits per heavy atom. The minimum Gasteiger partial charge on any atom is -0.387 e. The summed E-state index contributed by atoms with van der Waals surface area (Å²) in [6.45, 7) is 5.33. The minimum absolute atomic E-state index is 0.00561. The van der Waals surface area contributed by atoms with E-state index in [-0.39, 0.29) is 41.8 Å². The average molecular weight is 546 g/mol. The van der Waals surface area contributed by atoms with Gasteiger partial charge in [-0.2, -0.15) is 0 Å². The molecule has 1 aromatic carbocycles. The smallest absolute Gasteiger partial charge is 0.251 e. The second-order valence-electron chi connectivity index (χ2n) is 9.70. The van der Waals surface area contributed by atoms with E-state index in [9.17, 15) is 31.5 Å². The van der Waals surface area contributed by atoms with Gasteiger partial charge in [-0.05, 0) is 31.3 Å². The number of aliphatic hydroxyl groups is 1. The van der Waals surface area contributed by atoms with Crippen LogP contribution in [0.3, 0.4) is 0 Å². The first-order valence-electron chi connectivity index (χ1n) is 11.6. The summed E-state index contributed by atoms with van der Waals surface area (Å²) in [6, 6.07) is 1.26. The number of hydrogen-bond acceptors (Lipinski definition) is 5. The summed E-state index contributed by atoms with van der Waals surface area (Å²) in [5.74, 6) is -7.11. The Kier molecular flexibility index (Phi) is 7.45. The first-order chi connectivity index (χ1) is 16.9. The highest BCUT2D eigenvalue weighted by Crippen LogP contribution is 2.55. The van der Waals surface area contributed by atoms with Crippen molar-refractivity contribution >= 4 is 33.0 Å². The van der Waals surface area contributed by atoms with Crippen molar-refractivity contribution in [1.29, 1.82) is 0 Å². The number of hydrogen-bond donors (Lipinski definition) is 2. The molecule has 2 fully saturated rings. The molecule has 4 rings (SSSR count). The van der Waals surface area contributed by atoms with Crippen LogP contribution in [0.5, 0.6) is 0 Å². The van der Waals surface area contributed by atoms with E-state index in [1.54, 1.807) is 6.08 Å². The van der Waals surface area contributed by atoms with Gasteiger partial charge < -0.3 is 15.2 Å². The largest absolute Gasteiger partial charge is 0.387 e. The van der Waals surface area contributed by atoms with E-state index in [4.69, 9.17) is 16.3 Å². The zero-order valence-corrected chi connectivity index (χ0v) is 21.1. The number of sulfone groups is 1. The monoisotopic (exact) mass is 545 g/mol. The Labute approximate surface area is 212 Å². The number of ether oxygens (including phenoxy) is 1. The van der Waals surface area contributed by atoms with Gasteiger partial charge in [0.25, 0.3) is 5.91 Å². The van der Waals surface area contributed by atoms with Crippen LogP contribution in [0.25, 0.3) is 0 Å². The Balaban J connectivity index is 1.57. The lowest BCUT2D eigenvalue weighted by atomic mass is 9.85. The van der Waals surface area contributed by atoms with Crippen molar-refractivity contribution in [2.24, 2.45) is 17.8 Å². The Bertz CT molecular complexity index is 1230. The maximum atomic E-state index is 13.9. The minimum atomic E-state index is -3.98. The maximum absolute atomic E-state index is 13.9. The topological polar surface area (TPSA) is 92.7 Å². The standard InChI is InChI=1S/C25H27ClF3NO5S/c1-3-8-35-12-25(32)11-14-4-6-17(25)23(14)36(33,34)22-13(2)16(5-7-18(22)26)24(31)30-15-9-19(27)21(29)20(28)10-15/h3,5,7,9-10,13-14,17,22-23,32H,1,4,6,8,11-12H2,2H3,(H,30,31)/t13?,14?,17?,22?,23-,25+/m1/s1. The number of fused-ring (bicyclic) bond motifs is 2. The third-order valence-corrected chi connectivity index (χ3v) is 10.8. The molecule has 6 nitrogen and oxygen atoms in total. The summed E-state index contributed by atoms with van der Waals surface area (Å²) < 4.78 is 73.8. The van der Waals surface area contributed by atoms with E-state index >= 15 is 0 Å². The summed E-state index contributed by atoms with van der Waals surface area (Å²) in [5.41, 5.74) is -1.57. The van der Waals surface area contributed by atoms with E-state index in [0.29, 0.717) is 25.0 Å². The van der Waals surface area contributed by atoms with Crippen molar-refractivity contribution < 1.29 is 36.2 Å². The van der Waals surface area contributed by atoms with Gasteiger partial charge in [0.1, 0.15) is 5.25 Å². The highest BCUT2D eigenvalue weighted by Gasteiger charge is 2.62. The molecule has 0 spiro atoms. The number of benzene rings is 1. The second-order valence-corrected chi connectivity index (χ2v) is 12.4. The van der Waals surface area contributed by atoms with Crippen LogP contribution in [0.15, 0.2) is 47.5 Å². The third kappa shape index (κ3) is 4.64. The van der Waals surface area contributed by atoms with Crippen LogP contribution >= 0.6 is 11.6 Å². The predicted molar refractivity (Wildman–Crippen MR) is 129 cm³/mol. The zero-order valence-electron chi connectivity index (χ0n) is 19.5. The molecule has 6 atom stereocenters. The molecule has 0 radical (unpaired) electrons. The molecule has 3 aliphatic rings. The molecule has 36 heavy (non-hydrogen) atoms. The molecule has 4 unspecified atom stereocenters. The van der Waals surface area contributed by atoms with Gasteiger partial charge >= 0.3 is 0 Å². The SMILES string of the molecule is C=CCOC[C@@]1(O)CC2CCC1[C@@H]2S(=O)(=O)C1C(Cl)=CC=C(C(=O)Nc2cc(F)c(F)c(F)c2)C1C. The number of halogens is 4. The molecule has 0 heterocycles. The quantitative estimate of drug-likeness (QED) is 0.289. The fraction of sp³-hybridized carbons (Fsp3) is 0.480. The van der Waals surface area contributed by atoms with Crippen molar-refractivity contribution in [2.45, 2.75) is 42.3 Å². The molecule has 2 bridgehead atoms. The number of carbonyl (C=O) groups excluding carboxylic acids is 1. The van der Waals surface area contributed by atoms with Gasteiger partial charge in [-0.3, -0.25) is 4.79 Å². The summed E-state index contributed by atoms with van der Waals surface area (Å²) in [4.78, 5) is 12.9. The predicted octanol–water partition coefficient (Wildman–Crippen LogP) is 4.26. The fourth-order valence-electron chi connectivity index (χ4n) is 5.97. The van der Waals surface area contributed by atoms with E-state index in [1.807, 2.05) is 0 Å². The molecule has 1 aromatic rings. The summed E-state index contributed by atoms with van der Waals surface area (Å²) in [5, 5.41) is 11.4. The Morgan fingerprint density at radius 1 is 1.28 bits per heavy atom. The molecule has 11 heteroatoms. The molecular weight excluding hydrogens is 519 g/mol. The lowest BCUT2D eigenvalue weighted by Gasteiger charge is -2.34. The van der Waals surface area contributed by atoms with Gasteiger partial charge in [0, 0.05) is 40.3 Å². The van der Waals surface area contributed by atoms with Crippen LogP contribution in [-0.4, -0.2) is 48.7 Å². The van der Waals surface area contributed by atoms with Crippen LogP contribution < -0.4 is 5.32 Å². The van der Waals surface area contributed by atoms with E-state index in [0.717, 1.165) is 0 Å². The van der Waals surface area contributed by atoms with Gasteiger partial charge in [0.05, 0.1) is 24.1 Å². The molecule has 2 saturated carbocycles. The number of amides is 1. The van der Waals surface area contributed by atoms with E-state index in [1.165, 1.54) is 19.1 Å². The molecule has 0 aromatic heterocycles. The van der Waals surface area contributed by atoms with Gasteiger partial charge in [-0.1, -0.05) is 30.7 Å². The molecule has 2 N–H and O–H groups in total. The fourth-order valence-corrected chi connectivity index (χ4v) is 9.66. The molecule has 196 valence electrons. The molecule has 0 aliphatic heterocycles. The normalized spacial score (nSPS) is 31.7. The van der Waals surface area contributed by atoms with E-state index < -0.39 is 61.1 Å². The Morgan fingerprint density at radius 2 is 1.94 bits per heavy atom. The first kappa shape index (κ1) is 26.9. The lowest BCUT2D eigenvalue weighted by Crippen LogP contribution is -2.46. The third-order valence-electron chi connectivity index (χ3n) is 7.48. The molecule has 1 amide bonds. The van der Waals surface area contributed by atoms with Crippen LogP contribution in [0.1, 0.15) is 26.2 Å². The van der Waals surface area contributed by atoms with Crippen LogP contribution in [0, 0.1) is 35.2 Å². The summed E-state index contributed by atoms with van der Waals surface area (Å²) in [6.07, 6.45) is 5.67. The van der Waals surface area contributed by atoms with Crippen LogP contribution in [-0.2, 0) is 19.4 Å². The van der Waals surface area contributed by atoms with Crippen molar-refractivity contribution in [1.82, 2.24) is 0 Å². The van der Waals surface area contributed by atoms with Gasteiger partial charge in [-0.15, -0.1) is 6.58 Å². The van der Waals surface area contributed by atoms with Crippen molar-refractivity contribution in [3.63, 3.8) is 0 Å². The van der Waals surface area contributed by atoms with Crippen molar-refractivity contribution in [2.75, 3.05) is 18.5 Å². The van der Waals surface area contributed by atoms with Crippen LogP contribution in [0.2, 0.25) is 0 Å². The number of allylic oxidation sites excluding steroid dienone is 2. The molecular formula is C25H27ClF3NO5S. The summed E-state index contributed by atoms with van der Waals surface area (Å²) in [7, 11) is -3.98. The molecule has 0 saturated heterocycles. The average Bonchev–Trinajstić information content (AvgIpc) is 3.34. The first-order valence-corrected chi connectivity index (χ1v) is 13.6. The van der Waals surface area contributed by atoms with Crippen LogP contribution in [0.4, 0.5) is 18.9 Å². The number of anilines is 1. The number of rotatable bonds is 8. The second kappa shape index (κ2) is 9.96. The highest BCUT2D eigenvalue weighted by atomic mass is 35.5. The van der Waals surface area contributed by atoms with Crippen molar-refractivity contribution in [3.8, 4) is 0 Å². The number of carbonyl (C=O) groups is 1. The Hall–Kier alpha value is -2.14. The summed E-state index contributed by atoms with van der Waals surface area (Å²) >= 11 is 6.39. The lowest BCUT2D eigenvalue weighted by molar-refractivity contribution is -0.113. The molecule has 3 aliphatic carbocycles. The van der Waals surface area contributed by atoms with Gasteiger partial charge in [-0.25, -0.2) is 21.6 Å². The zero-order chi connectivity index (χ0) is 26.4. The van der Waals surface area contributed by atoms with Crippen molar-refractivity contribution in [3.05, 3.63) is 65.0 Å². The van der Waals surface area contributed by atoms with Gasteiger partial charge in [0.2, 0.25) is 0 Å².